The number of carbonyl (C=O) groups is 1. The fraction of sp³-hybridized carbons (Fsp3) is 0.250. The van der Waals surface area contributed by atoms with Crippen LogP contribution in [-0.2, 0) is 6.54 Å². The minimum atomic E-state index is -0.0590. The van der Waals surface area contributed by atoms with E-state index in [9.17, 15) is 4.79 Å². The molecule has 0 amide bonds. The number of carbonyl (C=O) groups excluding carboxylic acids is 1. The molecule has 2 N–H and O–H groups in total. The van der Waals surface area contributed by atoms with Gasteiger partial charge in [-0.25, -0.2) is 0 Å². The third-order valence-electron chi connectivity index (χ3n) is 2.76. The Bertz CT molecular complexity index is 609. The lowest BCUT2D eigenvalue weighted by Gasteiger charge is -2.10. The molecular formula is C16H18N2O2. The Hall–Kier alpha value is -2.20. The highest BCUT2D eigenvalue weighted by Gasteiger charge is 2.11. The number of hydrogen-bond acceptors (Lipinski definition) is 4. The van der Waals surface area contributed by atoms with Crippen molar-refractivity contribution in [2.24, 2.45) is 5.73 Å². The second-order valence-electron chi connectivity index (χ2n) is 4.76. The normalized spacial score (nSPS) is 10.6. The van der Waals surface area contributed by atoms with Gasteiger partial charge in [-0.15, -0.1) is 0 Å². The van der Waals surface area contributed by atoms with Crippen LogP contribution in [0.3, 0.4) is 0 Å². The van der Waals surface area contributed by atoms with Crippen LogP contribution in [0, 0.1) is 0 Å². The van der Waals surface area contributed by atoms with E-state index in [1.165, 1.54) is 0 Å². The Balaban J connectivity index is 2.28. The summed E-state index contributed by atoms with van der Waals surface area (Å²) in [6.45, 7) is 4.22. The first-order chi connectivity index (χ1) is 9.60. The van der Waals surface area contributed by atoms with Crippen LogP contribution in [0.4, 0.5) is 0 Å². The van der Waals surface area contributed by atoms with E-state index in [0.29, 0.717) is 29.1 Å². The third kappa shape index (κ3) is 3.42. The SMILES string of the molecule is CC(C)Oc1cccc(C(=O)c2ccnc(CN)c2)c1. The molecule has 1 heterocycles. The molecule has 0 fully saturated rings. The molecule has 0 unspecified atom stereocenters. The monoisotopic (exact) mass is 270 g/mol. The summed E-state index contributed by atoms with van der Waals surface area (Å²) in [5.74, 6) is 0.635. The summed E-state index contributed by atoms with van der Waals surface area (Å²) in [5, 5.41) is 0. The van der Waals surface area contributed by atoms with Gasteiger partial charge in [-0.05, 0) is 38.1 Å². The van der Waals surface area contributed by atoms with Crippen LogP contribution in [0.25, 0.3) is 0 Å². The molecule has 0 spiro atoms. The summed E-state index contributed by atoms with van der Waals surface area (Å²) >= 11 is 0. The van der Waals surface area contributed by atoms with Crippen molar-refractivity contribution in [2.75, 3.05) is 0 Å². The average molecular weight is 270 g/mol. The minimum absolute atomic E-state index is 0.0590. The first-order valence-corrected chi connectivity index (χ1v) is 6.56. The zero-order chi connectivity index (χ0) is 14.5. The van der Waals surface area contributed by atoms with Gasteiger partial charge in [0.1, 0.15) is 5.75 Å². The maximum Gasteiger partial charge on any atom is 0.193 e. The highest BCUT2D eigenvalue weighted by atomic mass is 16.5. The summed E-state index contributed by atoms with van der Waals surface area (Å²) in [6, 6.07) is 10.6. The van der Waals surface area contributed by atoms with Crippen LogP contribution < -0.4 is 10.5 Å². The number of nitrogens with zero attached hydrogens (tertiary/aromatic N) is 1. The number of hydrogen-bond donors (Lipinski definition) is 1. The predicted molar refractivity (Wildman–Crippen MR) is 77.8 cm³/mol. The Morgan fingerprint density at radius 3 is 2.70 bits per heavy atom. The van der Waals surface area contributed by atoms with Crippen molar-refractivity contribution in [1.82, 2.24) is 4.98 Å². The third-order valence-corrected chi connectivity index (χ3v) is 2.76. The lowest BCUT2D eigenvalue weighted by atomic mass is 10.0. The van der Waals surface area contributed by atoms with Crippen LogP contribution in [0.5, 0.6) is 5.75 Å². The van der Waals surface area contributed by atoms with Gasteiger partial charge in [0, 0.05) is 23.9 Å². The van der Waals surface area contributed by atoms with E-state index in [1.54, 1.807) is 30.5 Å². The molecule has 0 aliphatic carbocycles. The molecule has 0 bridgehead atoms. The van der Waals surface area contributed by atoms with Crippen LogP contribution >= 0.6 is 0 Å². The quantitative estimate of drug-likeness (QED) is 0.848. The van der Waals surface area contributed by atoms with Gasteiger partial charge >= 0.3 is 0 Å². The standard InChI is InChI=1S/C16H18N2O2/c1-11(2)20-15-5-3-4-12(9-15)16(19)13-6-7-18-14(8-13)10-17/h3-9,11H,10,17H2,1-2H3. The largest absolute Gasteiger partial charge is 0.491 e. The molecule has 0 radical (unpaired) electrons. The minimum Gasteiger partial charge on any atom is -0.491 e. The Kier molecular flexibility index (Phi) is 4.48. The van der Waals surface area contributed by atoms with Crippen molar-refractivity contribution in [2.45, 2.75) is 26.5 Å². The maximum atomic E-state index is 12.4. The van der Waals surface area contributed by atoms with Crippen molar-refractivity contribution in [1.29, 1.82) is 0 Å². The summed E-state index contributed by atoms with van der Waals surface area (Å²) in [6.07, 6.45) is 1.68. The fourth-order valence-corrected chi connectivity index (χ4v) is 1.88. The van der Waals surface area contributed by atoms with Gasteiger partial charge in [0.2, 0.25) is 0 Å². The first-order valence-electron chi connectivity index (χ1n) is 6.56. The van der Waals surface area contributed by atoms with Crippen molar-refractivity contribution in [3.63, 3.8) is 0 Å². The average Bonchev–Trinajstić information content (AvgIpc) is 2.46. The van der Waals surface area contributed by atoms with Gasteiger partial charge in [-0.2, -0.15) is 0 Å². The number of benzene rings is 1. The molecule has 4 heteroatoms. The maximum absolute atomic E-state index is 12.4. The van der Waals surface area contributed by atoms with Gasteiger partial charge in [0.15, 0.2) is 5.78 Å². The van der Waals surface area contributed by atoms with Gasteiger partial charge < -0.3 is 10.5 Å². The number of rotatable bonds is 5. The lowest BCUT2D eigenvalue weighted by Crippen LogP contribution is -2.08. The molecule has 4 nitrogen and oxygen atoms in total. The highest BCUT2D eigenvalue weighted by molar-refractivity contribution is 6.09. The molecular weight excluding hydrogens is 252 g/mol. The molecule has 2 aromatic rings. The van der Waals surface area contributed by atoms with Gasteiger partial charge in [-0.3, -0.25) is 9.78 Å². The number of pyridine rings is 1. The molecule has 20 heavy (non-hydrogen) atoms. The summed E-state index contributed by atoms with van der Waals surface area (Å²) in [5.41, 5.74) is 7.42. The molecule has 1 aromatic heterocycles. The van der Waals surface area contributed by atoms with Crippen molar-refractivity contribution in [3.05, 3.63) is 59.4 Å². The topological polar surface area (TPSA) is 65.2 Å². The molecule has 0 atom stereocenters. The number of nitrogens with two attached hydrogens (primary N) is 1. The van der Waals surface area contributed by atoms with E-state index in [2.05, 4.69) is 4.98 Å². The van der Waals surface area contributed by atoms with E-state index in [1.807, 2.05) is 26.0 Å². The molecule has 2 rings (SSSR count). The Labute approximate surface area is 118 Å². The number of ether oxygens (including phenoxy) is 1. The molecule has 0 saturated carbocycles. The van der Waals surface area contributed by atoms with Crippen LogP contribution in [0.1, 0.15) is 35.5 Å². The van der Waals surface area contributed by atoms with E-state index < -0.39 is 0 Å². The molecule has 0 saturated heterocycles. The first kappa shape index (κ1) is 14.2. The van der Waals surface area contributed by atoms with Crippen LogP contribution in [0.2, 0.25) is 0 Å². The summed E-state index contributed by atoms with van der Waals surface area (Å²) in [4.78, 5) is 16.5. The molecule has 104 valence electrons. The zero-order valence-corrected chi connectivity index (χ0v) is 11.7. The highest BCUT2D eigenvalue weighted by Crippen LogP contribution is 2.18. The van der Waals surface area contributed by atoms with E-state index in [4.69, 9.17) is 10.5 Å². The lowest BCUT2D eigenvalue weighted by molar-refractivity contribution is 0.103. The fourth-order valence-electron chi connectivity index (χ4n) is 1.88. The van der Waals surface area contributed by atoms with Crippen molar-refractivity contribution in [3.8, 4) is 5.75 Å². The number of ketones is 1. The van der Waals surface area contributed by atoms with Gasteiger partial charge in [-0.1, -0.05) is 12.1 Å². The predicted octanol–water partition coefficient (Wildman–Crippen LogP) is 2.56. The van der Waals surface area contributed by atoms with E-state index >= 15 is 0 Å². The molecule has 1 aromatic carbocycles. The van der Waals surface area contributed by atoms with Crippen LogP contribution in [0.15, 0.2) is 42.6 Å². The smallest absolute Gasteiger partial charge is 0.193 e. The van der Waals surface area contributed by atoms with Crippen molar-refractivity contribution >= 4 is 5.78 Å². The Morgan fingerprint density at radius 1 is 1.25 bits per heavy atom. The second kappa shape index (κ2) is 6.30. The van der Waals surface area contributed by atoms with Crippen LogP contribution in [-0.4, -0.2) is 16.9 Å². The van der Waals surface area contributed by atoms with Gasteiger partial charge in [0.05, 0.1) is 11.8 Å². The second-order valence-corrected chi connectivity index (χ2v) is 4.76. The molecule has 0 aliphatic heterocycles. The molecule has 0 aliphatic rings. The summed E-state index contributed by atoms with van der Waals surface area (Å²) in [7, 11) is 0. The zero-order valence-electron chi connectivity index (χ0n) is 11.7. The number of aromatic nitrogens is 1. The van der Waals surface area contributed by atoms with Crippen molar-refractivity contribution < 1.29 is 9.53 Å². The van der Waals surface area contributed by atoms with E-state index in [-0.39, 0.29) is 11.9 Å². The van der Waals surface area contributed by atoms with Gasteiger partial charge in [0.25, 0.3) is 0 Å². The summed E-state index contributed by atoms with van der Waals surface area (Å²) < 4.78 is 5.60. The van der Waals surface area contributed by atoms with E-state index in [0.717, 1.165) is 0 Å². The Morgan fingerprint density at radius 2 is 2.00 bits per heavy atom.